The number of nitrogens with one attached hydrogen (secondary N) is 1. The number of rotatable bonds is 2. The molecule has 6 nitrogen and oxygen atoms in total. The van der Waals surface area contributed by atoms with Gasteiger partial charge in [-0.05, 0) is 19.9 Å². The Morgan fingerprint density at radius 1 is 1.43 bits per heavy atom. The van der Waals surface area contributed by atoms with E-state index in [9.17, 15) is 0 Å². The van der Waals surface area contributed by atoms with E-state index in [0.29, 0.717) is 13.0 Å². The molecule has 0 aliphatic carbocycles. The van der Waals surface area contributed by atoms with E-state index in [2.05, 4.69) is 26.3 Å². The Hall–Kier alpha value is -1.65. The molecule has 2 aliphatic heterocycles. The maximum absolute atomic E-state index is 8.89. The fraction of sp³-hybridized carbons (Fsp3) is 0.643. The quantitative estimate of drug-likeness (QED) is 0.765. The molecule has 3 heterocycles. The van der Waals surface area contributed by atoms with Crippen molar-refractivity contribution in [2.75, 3.05) is 31.1 Å². The first kappa shape index (κ1) is 14.3. The number of fused-ring (bicyclic) bond motifs is 1. The highest BCUT2D eigenvalue weighted by Gasteiger charge is 2.26. The smallest absolute Gasteiger partial charge is 0.183 e. The lowest BCUT2D eigenvalue weighted by Gasteiger charge is -2.36. The zero-order valence-corrected chi connectivity index (χ0v) is 12.3. The van der Waals surface area contributed by atoms with Crippen molar-refractivity contribution in [1.82, 2.24) is 20.1 Å². The molecule has 21 heavy (non-hydrogen) atoms. The van der Waals surface area contributed by atoms with Crippen molar-refractivity contribution in [3.05, 3.63) is 17.1 Å². The Kier molecular flexibility index (Phi) is 4.09. The average Bonchev–Trinajstić information content (AvgIpc) is 2.46. The molecule has 1 N–H and O–H groups in total. The summed E-state index contributed by atoms with van der Waals surface area (Å²) in [5, 5.41) is 12.3. The first-order chi connectivity index (χ1) is 10.2. The molecule has 1 aromatic rings. The number of hydrogen-bond donors (Lipinski definition) is 1. The van der Waals surface area contributed by atoms with Crippen LogP contribution in [0.5, 0.6) is 0 Å². The van der Waals surface area contributed by atoms with Crippen LogP contribution in [0.1, 0.15) is 23.5 Å². The van der Waals surface area contributed by atoms with Gasteiger partial charge in [-0.3, -0.25) is 0 Å². The number of anilines is 1. The van der Waals surface area contributed by atoms with E-state index >= 15 is 0 Å². The number of hydrogen-bond acceptors (Lipinski definition) is 6. The number of aryl methyl sites for hydroxylation is 1. The highest BCUT2D eigenvalue weighted by atomic mass is 15.3. The predicted octanol–water partition coefficient (Wildman–Crippen LogP) is -0.0815. The summed E-state index contributed by atoms with van der Waals surface area (Å²) in [6, 6.07) is 2.46. The molecule has 0 amide bonds. The van der Waals surface area contributed by atoms with Gasteiger partial charge in [0.2, 0.25) is 0 Å². The average molecular weight is 282 g/mol. The molecule has 2 radical (unpaired) electrons. The van der Waals surface area contributed by atoms with E-state index in [1.54, 1.807) is 4.81 Å². The van der Waals surface area contributed by atoms with E-state index in [4.69, 9.17) is 13.2 Å². The molecule has 7 heteroatoms. The van der Waals surface area contributed by atoms with Gasteiger partial charge in [-0.25, -0.2) is 9.97 Å². The lowest BCUT2D eigenvalue weighted by Crippen LogP contribution is -2.51. The molecular formula is C14H19BN6. The van der Waals surface area contributed by atoms with Gasteiger partial charge in [-0.2, -0.15) is 5.26 Å². The van der Waals surface area contributed by atoms with Crippen LogP contribution in [0, 0.1) is 18.3 Å². The van der Waals surface area contributed by atoms with Crippen molar-refractivity contribution in [2.45, 2.75) is 32.4 Å². The van der Waals surface area contributed by atoms with Crippen LogP contribution < -0.4 is 10.2 Å². The molecule has 1 fully saturated rings. The van der Waals surface area contributed by atoms with Gasteiger partial charge >= 0.3 is 0 Å². The fourth-order valence-electron chi connectivity index (χ4n) is 3.08. The first-order valence-electron chi connectivity index (χ1n) is 7.38. The summed E-state index contributed by atoms with van der Waals surface area (Å²) < 4.78 is 0. The topological polar surface area (TPSA) is 68.1 Å². The van der Waals surface area contributed by atoms with Crippen molar-refractivity contribution in [2.24, 2.45) is 0 Å². The van der Waals surface area contributed by atoms with Gasteiger partial charge < -0.3 is 15.0 Å². The molecule has 1 saturated heterocycles. The highest BCUT2D eigenvalue weighted by molar-refractivity contribution is 6.04. The Labute approximate surface area is 126 Å². The van der Waals surface area contributed by atoms with E-state index in [0.717, 1.165) is 49.9 Å². The number of aromatic nitrogens is 2. The normalized spacial score (nSPS) is 22.7. The van der Waals surface area contributed by atoms with Gasteiger partial charge in [0.1, 0.15) is 11.6 Å². The molecule has 0 aromatic carbocycles. The minimum absolute atomic E-state index is 0.212. The lowest BCUT2D eigenvalue weighted by atomic mass is 10.0. The summed E-state index contributed by atoms with van der Waals surface area (Å²) >= 11 is 0. The van der Waals surface area contributed by atoms with Gasteiger partial charge in [-0.1, -0.05) is 0 Å². The van der Waals surface area contributed by atoms with Gasteiger partial charge in [0.05, 0.1) is 18.2 Å². The Morgan fingerprint density at radius 2 is 2.29 bits per heavy atom. The molecule has 1 aromatic heterocycles. The van der Waals surface area contributed by atoms with Crippen LogP contribution in [-0.4, -0.2) is 55.0 Å². The van der Waals surface area contributed by atoms with Gasteiger partial charge in [-0.15, -0.1) is 0 Å². The van der Waals surface area contributed by atoms with Crippen LogP contribution in [-0.2, 0) is 13.0 Å². The third kappa shape index (κ3) is 3.01. The van der Waals surface area contributed by atoms with Crippen molar-refractivity contribution >= 4 is 13.8 Å². The zero-order valence-electron chi connectivity index (χ0n) is 12.3. The number of piperazine rings is 1. The van der Waals surface area contributed by atoms with Crippen LogP contribution in [0.2, 0.25) is 0 Å². The van der Waals surface area contributed by atoms with Gasteiger partial charge in [0.25, 0.3) is 0 Å². The minimum Gasteiger partial charge on any atom is -0.353 e. The number of nitriles is 1. The fourth-order valence-corrected chi connectivity index (χ4v) is 3.08. The number of nitrogens with zero attached hydrogens (tertiary/aromatic N) is 5. The summed E-state index contributed by atoms with van der Waals surface area (Å²) in [5.74, 6) is 1.82. The second kappa shape index (κ2) is 6.00. The van der Waals surface area contributed by atoms with Crippen molar-refractivity contribution in [3.8, 4) is 6.07 Å². The van der Waals surface area contributed by atoms with Crippen LogP contribution in [0.3, 0.4) is 0 Å². The Morgan fingerprint density at radius 3 is 3.10 bits per heavy atom. The Balaban J connectivity index is 1.89. The molecule has 0 saturated carbocycles. The third-order valence-electron chi connectivity index (χ3n) is 4.08. The summed E-state index contributed by atoms with van der Waals surface area (Å²) in [4.78, 5) is 13.3. The second-order valence-corrected chi connectivity index (χ2v) is 5.70. The van der Waals surface area contributed by atoms with Crippen LogP contribution in [0.4, 0.5) is 5.82 Å². The summed E-state index contributed by atoms with van der Waals surface area (Å²) in [6.45, 7) is 6.06. The first-order valence-corrected chi connectivity index (χ1v) is 7.38. The lowest BCUT2D eigenvalue weighted by molar-refractivity contribution is 0.413. The molecule has 1 atom stereocenters. The monoisotopic (exact) mass is 282 g/mol. The van der Waals surface area contributed by atoms with E-state index < -0.39 is 0 Å². The Bertz CT molecular complexity index is 569. The van der Waals surface area contributed by atoms with Gasteiger partial charge in [0, 0.05) is 37.8 Å². The van der Waals surface area contributed by atoms with Crippen LogP contribution >= 0.6 is 0 Å². The maximum atomic E-state index is 8.89. The van der Waals surface area contributed by atoms with Crippen molar-refractivity contribution in [1.29, 1.82) is 5.26 Å². The van der Waals surface area contributed by atoms with E-state index in [-0.39, 0.29) is 6.04 Å². The summed E-state index contributed by atoms with van der Waals surface area (Å²) in [7, 11) is 5.90. The minimum atomic E-state index is 0.212. The van der Waals surface area contributed by atoms with Crippen LogP contribution in [0.15, 0.2) is 0 Å². The molecule has 2 aliphatic rings. The van der Waals surface area contributed by atoms with Crippen molar-refractivity contribution in [3.63, 3.8) is 0 Å². The standard InChI is InChI=1S/C14H19BN6/c1-10-18-13-9-21(15)6-3-12(13)14(19-10)20-7-5-17-11(8-20)2-4-16/h11,17H,2-3,5-9H2,1H3. The summed E-state index contributed by atoms with van der Waals surface area (Å²) in [6.07, 6.45) is 1.41. The van der Waals surface area contributed by atoms with E-state index in [1.807, 2.05) is 6.92 Å². The molecule has 0 spiro atoms. The predicted molar refractivity (Wildman–Crippen MR) is 80.9 cm³/mol. The highest BCUT2D eigenvalue weighted by Crippen LogP contribution is 2.26. The molecule has 108 valence electrons. The largest absolute Gasteiger partial charge is 0.353 e. The molecule has 3 rings (SSSR count). The second-order valence-electron chi connectivity index (χ2n) is 5.70. The van der Waals surface area contributed by atoms with Gasteiger partial charge in [0.15, 0.2) is 7.98 Å². The van der Waals surface area contributed by atoms with Crippen LogP contribution in [0.25, 0.3) is 0 Å². The maximum Gasteiger partial charge on any atom is 0.183 e. The molecule has 0 bridgehead atoms. The molecular weight excluding hydrogens is 263 g/mol. The molecule has 1 unspecified atom stereocenters. The van der Waals surface area contributed by atoms with Crippen molar-refractivity contribution < 1.29 is 0 Å². The third-order valence-corrected chi connectivity index (χ3v) is 4.08. The summed E-state index contributed by atoms with van der Waals surface area (Å²) in [5.41, 5.74) is 2.27. The SMILES string of the molecule is [B]N1CCc2c(nc(C)nc2N2CCNC(CC#N)C2)C1. The van der Waals surface area contributed by atoms with E-state index in [1.165, 1.54) is 5.56 Å². The zero-order chi connectivity index (χ0) is 14.8.